The lowest BCUT2D eigenvalue weighted by Crippen LogP contribution is -2.07. The van der Waals surface area contributed by atoms with Crippen molar-refractivity contribution in [3.05, 3.63) is 52.7 Å². The minimum atomic E-state index is -0.108. The molecule has 1 aromatic heterocycles. The highest BCUT2D eigenvalue weighted by atomic mass is 16.5. The van der Waals surface area contributed by atoms with E-state index in [2.05, 4.69) is 11.1 Å². The molecule has 0 bridgehead atoms. The summed E-state index contributed by atoms with van der Waals surface area (Å²) < 4.78 is 5.79. The number of aliphatic hydroxyl groups excluding tert-OH is 1. The van der Waals surface area contributed by atoms with Gasteiger partial charge in [0.1, 0.15) is 17.4 Å². The third-order valence-electron chi connectivity index (χ3n) is 3.74. The molecule has 0 saturated carbocycles. The average molecular weight is 280 g/mol. The molecule has 1 aliphatic rings. The second-order valence-corrected chi connectivity index (χ2v) is 5.13. The van der Waals surface area contributed by atoms with Crippen LogP contribution < -0.4 is 4.74 Å². The molecule has 0 atom stereocenters. The second kappa shape index (κ2) is 5.94. The lowest BCUT2D eigenvalue weighted by molar-refractivity contribution is 0.276. The topological polar surface area (TPSA) is 66.1 Å². The van der Waals surface area contributed by atoms with Gasteiger partial charge in [0.05, 0.1) is 6.61 Å². The predicted molar refractivity (Wildman–Crippen MR) is 78.0 cm³/mol. The second-order valence-electron chi connectivity index (χ2n) is 5.13. The molecule has 1 heterocycles. The number of pyridine rings is 1. The van der Waals surface area contributed by atoms with Crippen LogP contribution in [-0.2, 0) is 19.4 Å². The van der Waals surface area contributed by atoms with E-state index in [1.807, 2.05) is 18.2 Å². The van der Waals surface area contributed by atoms with E-state index in [1.54, 1.807) is 12.1 Å². The number of aryl methyl sites for hydroxylation is 2. The van der Waals surface area contributed by atoms with Crippen molar-refractivity contribution in [3.63, 3.8) is 0 Å². The zero-order valence-electron chi connectivity index (χ0n) is 11.7. The number of hydrogen-bond donors (Lipinski definition) is 1. The zero-order valence-corrected chi connectivity index (χ0v) is 11.7. The van der Waals surface area contributed by atoms with E-state index in [4.69, 9.17) is 4.74 Å². The van der Waals surface area contributed by atoms with Crippen molar-refractivity contribution in [2.45, 2.75) is 32.3 Å². The smallest absolute Gasteiger partial charge is 0.237 e. The first-order valence-electron chi connectivity index (χ1n) is 7.11. The number of nitrogens with zero attached hydrogens (tertiary/aromatic N) is 2. The first kappa shape index (κ1) is 13.6. The average Bonchev–Trinajstić information content (AvgIpc) is 2.54. The van der Waals surface area contributed by atoms with Gasteiger partial charge in [-0.2, -0.15) is 5.26 Å². The van der Waals surface area contributed by atoms with Gasteiger partial charge < -0.3 is 9.84 Å². The molecule has 4 nitrogen and oxygen atoms in total. The van der Waals surface area contributed by atoms with Gasteiger partial charge >= 0.3 is 0 Å². The van der Waals surface area contributed by atoms with Crippen LogP contribution in [0.3, 0.4) is 0 Å². The molecule has 1 aromatic carbocycles. The van der Waals surface area contributed by atoms with Crippen LogP contribution in [0.2, 0.25) is 0 Å². The summed E-state index contributed by atoms with van der Waals surface area (Å²) in [7, 11) is 0. The number of benzene rings is 1. The van der Waals surface area contributed by atoms with Crippen LogP contribution in [0.4, 0.5) is 0 Å². The number of aromatic nitrogens is 1. The molecule has 1 aliphatic carbocycles. The largest absolute Gasteiger partial charge is 0.437 e. The molecule has 0 spiro atoms. The van der Waals surface area contributed by atoms with Crippen molar-refractivity contribution in [3.8, 4) is 17.7 Å². The number of para-hydroxylation sites is 1. The maximum absolute atomic E-state index is 9.35. The molecule has 4 heteroatoms. The van der Waals surface area contributed by atoms with Crippen LogP contribution >= 0.6 is 0 Å². The number of fused-ring (bicyclic) bond motifs is 1. The van der Waals surface area contributed by atoms with Crippen LogP contribution in [0.25, 0.3) is 0 Å². The Balaban J connectivity index is 2.00. The Bertz CT molecular complexity index is 704. The first-order valence-corrected chi connectivity index (χ1v) is 7.11. The fraction of sp³-hybridized carbons (Fsp3) is 0.294. The summed E-state index contributed by atoms with van der Waals surface area (Å²) in [6.07, 6.45) is 4.18. The molecule has 0 aliphatic heterocycles. The fourth-order valence-corrected chi connectivity index (χ4v) is 2.61. The standard InChI is InChI=1S/C17H16N2O2/c18-10-14-9-12-5-1-3-7-15(12)19-17(14)21-16-8-4-2-6-13(16)11-20/h2,4,6,8-9,20H,1,3,5,7,11H2. The Morgan fingerprint density at radius 2 is 2.05 bits per heavy atom. The summed E-state index contributed by atoms with van der Waals surface area (Å²) in [5.74, 6) is 0.874. The van der Waals surface area contributed by atoms with Crippen molar-refractivity contribution in [2.24, 2.45) is 0 Å². The van der Waals surface area contributed by atoms with Gasteiger partial charge in [-0.3, -0.25) is 0 Å². The third-order valence-corrected chi connectivity index (χ3v) is 3.74. The van der Waals surface area contributed by atoms with E-state index < -0.39 is 0 Å². The van der Waals surface area contributed by atoms with E-state index in [0.29, 0.717) is 22.8 Å². The molecule has 0 radical (unpaired) electrons. The maximum atomic E-state index is 9.35. The summed E-state index contributed by atoms with van der Waals surface area (Å²) in [5.41, 5.74) is 3.31. The fourth-order valence-electron chi connectivity index (χ4n) is 2.61. The summed E-state index contributed by atoms with van der Waals surface area (Å²) in [6.45, 7) is -0.108. The molecular weight excluding hydrogens is 264 g/mol. The quantitative estimate of drug-likeness (QED) is 0.938. The molecule has 0 unspecified atom stereocenters. The predicted octanol–water partition coefficient (Wildman–Crippen LogP) is 3.12. The van der Waals surface area contributed by atoms with Crippen molar-refractivity contribution in [1.29, 1.82) is 5.26 Å². The number of hydrogen-bond acceptors (Lipinski definition) is 4. The Labute approximate surface area is 123 Å². The lowest BCUT2D eigenvalue weighted by Gasteiger charge is -2.17. The van der Waals surface area contributed by atoms with Gasteiger partial charge in [0.2, 0.25) is 5.88 Å². The van der Waals surface area contributed by atoms with Gasteiger partial charge in [-0.15, -0.1) is 0 Å². The van der Waals surface area contributed by atoms with Crippen LogP contribution in [0.5, 0.6) is 11.6 Å². The van der Waals surface area contributed by atoms with Crippen molar-refractivity contribution in [1.82, 2.24) is 4.98 Å². The van der Waals surface area contributed by atoms with Crippen molar-refractivity contribution >= 4 is 0 Å². The number of ether oxygens (including phenoxy) is 1. The van der Waals surface area contributed by atoms with E-state index >= 15 is 0 Å². The lowest BCUT2D eigenvalue weighted by atomic mass is 9.95. The summed E-state index contributed by atoms with van der Waals surface area (Å²) in [6, 6.07) is 11.3. The summed E-state index contributed by atoms with van der Waals surface area (Å²) >= 11 is 0. The molecule has 106 valence electrons. The molecule has 1 N–H and O–H groups in total. The Hall–Kier alpha value is -2.38. The van der Waals surface area contributed by atoms with Gasteiger partial charge in [0.25, 0.3) is 0 Å². The van der Waals surface area contributed by atoms with Gasteiger partial charge in [0, 0.05) is 11.3 Å². The van der Waals surface area contributed by atoms with Crippen molar-refractivity contribution in [2.75, 3.05) is 0 Å². The molecule has 0 fully saturated rings. The molecule has 21 heavy (non-hydrogen) atoms. The highest BCUT2D eigenvalue weighted by molar-refractivity contribution is 5.46. The molecule has 2 aromatic rings. The van der Waals surface area contributed by atoms with Gasteiger partial charge in [0.15, 0.2) is 0 Å². The van der Waals surface area contributed by atoms with Crippen molar-refractivity contribution < 1.29 is 9.84 Å². The minimum absolute atomic E-state index is 0.108. The van der Waals surface area contributed by atoms with Gasteiger partial charge in [-0.1, -0.05) is 18.2 Å². The number of nitriles is 1. The summed E-state index contributed by atoms with van der Waals surface area (Å²) in [4.78, 5) is 4.53. The van der Waals surface area contributed by atoms with Crippen LogP contribution in [0.15, 0.2) is 30.3 Å². The highest BCUT2D eigenvalue weighted by Gasteiger charge is 2.17. The first-order chi connectivity index (χ1) is 10.3. The highest BCUT2D eigenvalue weighted by Crippen LogP contribution is 2.30. The Morgan fingerprint density at radius 1 is 1.24 bits per heavy atom. The van der Waals surface area contributed by atoms with Crippen LogP contribution in [-0.4, -0.2) is 10.1 Å². The number of aliphatic hydroxyl groups is 1. The van der Waals surface area contributed by atoms with E-state index in [9.17, 15) is 10.4 Å². The van der Waals surface area contributed by atoms with Crippen LogP contribution in [0.1, 0.15) is 35.2 Å². The molecule has 0 saturated heterocycles. The maximum Gasteiger partial charge on any atom is 0.237 e. The molecule has 3 rings (SSSR count). The van der Waals surface area contributed by atoms with Gasteiger partial charge in [-0.05, 0) is 43.4 Å². The Kier molecular flexibility index (Phi) is 3.85. The zero-order chi connectivity index (χ0) is 14.7. The minimum Gasteiger partial charge on any atom is -0.437 e. The van der Waals surface area contributed by atoms with Gasteiger partial charge in [-0.25, -0.2) is 4.98 Å². The van der Waals surface area contributed by atoms with Crippen LogP contribution in [0, 0.1) is 11.3 Å². The van der Waals surface area contributed by atoms with E-state index in [0.717, 1.165) is 36.9 Å². The monoisotopic (exact) mass is 280 g/mol. The third kappa shape index (κ3) is 2.74. The molecule has 0 amide bonds. The number of rotatable bonds is 3. The normalized spacial score (nSPS) is 13.3. The summed E-state index contributed by atoms with van der Waals surface area (Å²) in [5, 5.41) is 18.7. The van der Waals surface area contributed by atoms with E-state index in [1.165, 1.54) is 0 Å². The van der Waals surface area contributed by atoms with E-state index in [-0.39, 0.29) is 6.61 Å². The SMILES string of the molecule is N#Cc1cc2c(nc1Oc1ccccc1CO)CCCC2. The Morgan fingerprint density at radius 3 is 2.86 bits per heavy atom. The molecular formula is C17H16N2O2.